The van der Waals surface area contributed by atoms with Crippen molar-refractivity contribution in [2.45, 2.75) is 38.5 Å². The van der Waals surface area contributed by atoms with Gasteiger partial charge in [-0.3, -0.25) is 15.0 Å². The maximum Gasteiger partial charge on any atom is 0.249 e. The Balaban J connectivity index is 1.42. The molecule has 2 heterocycles. The topological polar surface area (TPSA) is 86.7 Å². The SMILES string of the molecule is COc1ccc2ncc(CF)c(C(F)CCC3(C(=O)NO)CCN(CCNc4cc(F)cc(F)c4F)CC3)c2c1. The zero-order chi connectivity index (χ0) is 28.9. The Hall–Kier alpha value is -3.51. The van der Waals surface area contributed by atoms with Crippen molar-refractivity contribution in [2.75, 3.05) is 38.6 Å². The van der Waals surface area contributed by atoms with Gasteiger partial charge in [-0.05, 0) is 57.0 Å². The fourth-order valence-corrected chi connectivity index (χ4v) is 5.33. The van der Waals surface area contributed by atoms with Crippen LogP contribution in [0, 0.1) is 22.9 Å². The Morgan fingerprint density at radius 2 is 1.95 bits per heavy atom. The molecule has 40 heavy (non-hydrogen) atoms. The average molecular weight is 567 g/mol. The summed E-state index contributed by atoms with van der Waals surface area (Å²) >= 11 is 0. The van der Waals surface area contributed by atoms with Gasteiger partial charge in [0.1, 0.15) is 24.4 Å². The van der Waals surface area contributed by atoms with E-state index in [4.69, 9.17) is 4.74 Å². The third-order valence-electron chi connectivity index (χ3n) is 7.67. The molecular weight excluding hydrogens is 535 g/mol. The molecule has 7 nitrogen and oxygen atoms in total. The van der Waals surface area contributed by atoms with Crippen molar-refractivity contribution in [3.63, 3.8) is 0 Å². The van der Waals surface area contributed by atoms with E-state index in [9.17, 15) is 27.6 Å². The highest BCUT2D eigenvalue weighted by Crippen LogP contribution is 2.41. The van der Waals surface area contributed by atoms with Gasteiger partial charge < -0.3 is 15.0 Å². The van der Waals surface area contributed by atoms with E-state index < -0.39 is 41.6 Å². The maximum atomic E-state index is 15.8. The lowest BCUT2D eigenvalue weighted by atomic mass is 9.73. The van der Waals surface area contributed by atoms with Crippen molar-refractivity contribution >= 4 is 22.5 Å². The van der Waals surface area contributed by atoms with Gasteiger partial charge in [0.25, 0.3) is 0 Å². The third-order valence-corrected chi connectivity index (χ3v) is 7.67. The number of rotatable bonds is 11. The number of nitrogens with zero attached hydrogens (tertiary/aromatic N) is 2. The summed E-state index contributed by atoms with van der Waals surface area (Å²) in [4.78, 5) is 18.9. The molecule has 0 aliphatic carbocycles. The van der Waals surface area contributed by atoms with Crippen LogP contribution in [0.2, 0.25) is 0 Å². The zero-order valence-electron chi connectivity index (χ0n) is 22.0. The van der Waals surface area contributed by atoms with E-state index in [2.05, 4.69) is 10.3 Å². The number of benzene rings is 2. The Labute approximate surface area is 228 Å². The molecule has 1 unspecified atom stereocenters. The predicted molar refractivity (Wildman–Crippen MR) is 139 cm³/mol. The number of aromatic nitrogens is 1. The summed E-state index contributed by atoms with van der Waals surface area (Å²) in [5.41, 5.74) is 1.13. The molecule has 4 rings (SSSR count). The first-order valence-corrected chi connectivity index (χ1v) is 12.9. The first kappa shape index (κ1) is 29.5. The second-order valence-electron chi connectivity index (χ2n) is 9.96. The molecule has 3 aromatic rings. The number of amides is 1. The number of carbonyl (C=O) groups is 1. The lowest BCUT2D eigenvalue weighted by Gasteiger charge is -2.40. The number of alkyl halides is 2. The van der Waals surface area contributed by atoms with Crippen LogP contribution in [0.5, 0.6) is 5.75 Å². The molecule has 1 aliphatic heterocycles. The lowest BCUT2D eigenvalue weighted by Crippen LogP contribution is -2.49. The highest BCUT2D eigenvalue weighted by Gasteiger charge is 2.41. The number of ether oxygens (including phenoxy) is 1. The maximum absolute atomic E-state index is 15.8. The number of halogens is 5. The van der Waals surface area contributed by atoms with E-state index in [-0.39, 0.29) is 36.2 Å². The number of fused-ring (bicyclic) bond motifs is 1. The molecule has 0 spiro atoms. The third kappa shape index (κ3) is 6.28. The van der Waals surface area contributed by atoms with Crippen molar-refractivity contribution in [3.8, 4) is 5.75 Å². The average Bonchev–Trinajstić information content (AvgIpc) is 2.97. The molecule has 3 N–H and O–H groups in total. The number of likely N-dealkylation sites (tertiary alicyclic amines) is 1. The van der Waals surface area contributed by atoms with Crippen LogP contribution < -0.4 is 15.5 Å². The first-order valence-electron chi connectivity index (χ1n) is 12.9. The minimum absolute atomic E-state index is 0.0945. The number of methoxy groups -OCH3 is 1. The van der Waals surface area contributed by atoms with Gasteiger partial charge in [0, 0.05) is 47.9 Å². The highest BCUT2D eigenvalue weighted by atomic mass is 19.2. The van der Waals surface area contributed by atoms with E-state index in [1.54, 1.807) is 23.7 Å². The van der Waals surface area contributed by atoms with Crippen LogP contribution in [-0.4, -0.2) is 54.3 Å². The largest absolute Gasteiger partial charge is 0.497 e. The van der Waals surface area contributed by atoms with Gasteiger partial charge in [-0.2, -0.15) is 0 Å². The number of hydroxylamine groups is 1. The molecular formula is C28H31F5N4O3. The summed E-state index contributed by atoms with van der Waals surface area (Å²) in [6, 6.07) is 6.28. The Bertz CT molecular complexity index is 1350. The van der Waals surface area contributed by atoms with Gasteiger partial charge in [-0.15, -0.1) is 0 Å². The number of carbonyl (C=O) groups excluding carboxylic acids is 1. The molecule has 1 fully saturated rings. The van der Waals surface area contributed by atoms with Crippen LogP contribution in [0.4, 0.5) is 27.6 Å². The Kier molecular flexibility index (Phi) is 9.41. The van der Waals surface area contributed by atoms with Crippen LogP contribution in [0.3, 0.4) is 0 Å². The number of anilines is 1. The highest BCUT2D eigenvalue weighted by molar-refractivity contribution is 5.85. The fraction of sp³-hybridized carbons (Fsp3) is 0.429. The molecule has 0 saturated carbocycles. The van der Waals surface area contributed by atoms with Crippen molar-refractivity contribution in [1.29, 1.82) is 0 Å². The van der Waals surface area contributed by atoms with Crippen molar-refractivity contribution in [3.05, 3.63) is 65.1 Å². The molecule has 1 aromatic heterocycles. The predicted octanol–water partition coefficient (Wildman–Crippen LogP) is 5.62. The van der Waals surface area contributed by atoms with E-state index in [1.807, 2.05) is 4.90 Å². The number of nitrogens with one attached hydrogen (secondary N) is 2. The van der Waals surface area contributed by atoms with Gasteiger partial charge >= 0.3 is 0 Å². The number of hydrogen-bond donors (Lipinski definition) is 3. The van der Waals surface area contributed by atoms with Crippen LogP contribution in [0.1, 0.15) is 43.0 Å². The molecule has 0 radical (unpaired) electrons. The Morgan fingerprint density at radius 1 is 1.20 bits per heavy atom. The smallest absolute Gasteiger partial charge is 0.249 e. The van der Waals surface area contributed by atoms with Crippen molar-refractivity contribution < 1.29 is 36.7 Å². The minimum atomic E-state index is -1.60. The summed E-state index contributed by atoms with van der Waals surface area (Å²) in [6.45, 7) is 0.503. The zero-order valence-corrected chi connectivity index (χ0v) is 22.0. The second-order valence-corrected chi connectivity index (χ2v) is 9.96. The van der Waals surface area contributed by atoms with Gasteiger partial charge in [-0.25, -0.2) is 27.4 Å². The van der Waals surface area contributed by atoms with E-state index in [0.29, 0.717) is 55.2 Å². The van der Waals surface area contributed by atoms with Crippen LogP contribution in [0.15, 0.2) is 36.5 Å². The minimum Gasteiger partial charge on any atom is -0.497 e. The van der Waals surface area contributed by atoms with Gasteiger partial charge in [0.15, 0.2) is 11.6 Å². The van der Waals surface area contributed by atoms with Gasteiger partial charge in [0.2, 0.25) is 5.91 Å². The molecule has 1 saturated heterocycles. The number of hydrogen-bond acceptors (Lipinski definition) is 6. The van der Waals surface area contributed by atoms with Crippen molar-refractivity contribution in [1.82, 2.24) is 15.4 Å². The van der Waals surface area contributed by atoms with E-state index in [0.717, 1.165) is 6.07 Å². The molecule has 12 heteroatoms. The second kappa shape index (κ2) is 12.8. The molecule has 1 aliphatic rings. The van der Waals surface area contributed by atoms with E-state index >= 15 is 4.39 Å². The Morgan fingerprint density at radius 3 is 2.62 bits per heavy atom. The van der Waals surface area contributed by atoms with Gasteiger partial charge in [0.05, 0.1) is 23.7 Å². The summed E-state index contributed by atoms with van der Waals surface area (Å²) in [7, 11) is 1.47. The standard InChI is InChI=1S/C28H31F5N4O3/c1-40-19-2-3-23-20(14-19)25(17(15-29)16-35-23)21(31)4-5-28(27(38)36-39)6-9-37(10-7-28)11-8-34-24-13-18(30)12-22(32)26(24)33/h2-3,12-14,16,21,34,39H,4-11,15H2,1H3,(H,36,38). The summed E-state index contributed by atoms with van der Waals surface area (Å²) in [5, 5.41) is 12.5. The fourth-order valence-electron chi connectivity index (χ4n) is 5.33. The monoisotopic (exact) mass is 566 g/mol. The lowest BCUT2D eigenvalue weighted by molar-refractivity contribution is -0.143. The molecule has 1 amide bonds. The van der Waals surface area contributed by atoms with Crippen molar-refractivity contribution in [2.24, 2.45) is 5.41 Å². The molecule has 216 valence electrons. The normalized spacial score (nSPS) is 16.1. The van der Waals surface area contributed by atoms with E-state index in [1.165, 1.54) is 13.3 Å². The summed E-state index contributed by atoms with van der Waals surface area (Å²) in [5.74, 6) is -3.51. The molecule has 0 bridgehead atoms. The van der Waals surface area contributed by atoms with Crippen LogP contribution in [-0.2, 0) is 11.5 Å². The van der Waals surface area contributed by atoms with Crippen LogP contribution in [0.25, 0.3) is 10.9 Å². The summed E-state index contributed by atoms with van der Waals surface area (Å²) in [6.07, 6.45) is 0.313. The summed E-state index contributed by atoms with van der Waals surface area (Å²) < 4.78 is 75.6. The quantitative estimate of drug-likeness (QED) is 0.121. The number of piperidine rings is 1. The first-order chi connectivity index (χ1) is 19.2. The van der Waals surface area contributed by atoms with Crippen LogP contribution >= 0.6 is 0 Å². The molecule has 2 aromatic carbocycles. The van der Waals surface area contributed by atoms with Gasteiger partial charge in [-0.1, -0.05) is 0 Å². The number of pyridine rings is 1. The molecule has 1 atom stereocenters.